The van der Waals surface area contributed by atoms with Gasteiger partial charge < -0.3 is 5.21 Å². The van der Waals surface area contributed by atoms with Gasteiger partial charge >= 0.3 is 11.3 Å². The summed E-state index contributed by atoms with van der Waals surface area (Å²) in [6.45, 7) is 3.69. The number of pyridine rings is 1. The van der Waals surface area contributed by atoms with Crippen LogP contribution in [0.1, 0.15) is 25.2 Å². The van der Waals surface area contributed by atoms with Crippen molar-refractivity contribution in [2.24, 2.45) is 0 Å². The lowest BCUT2D eigenvalue weighted by Gasteiger charge is -2.14. The number of fused-ring (bicyclic) bond motifs is 1. The molecule has 0 spiro atoms. The first-order valence-corrected chi connectivity index (χ1v) is 8.19. The van der Waals surface area contributed by atoms with Crippen LogP contribution in [0.15, 0.2) is 17.2 Å². The molecule has 0 aliphatic carbocycles. The van der Waals surface area contributed by atoms with E-state index >= 15 is 0 Å². The fourth-order valence-corrected chi connectivity index (χ4v) is 2.98. The first kappa shape index (κ1) is 17.5. The maximum absolute atomic E-state index is 13.9. The third-order valence-corrected chi connectivity index (χ3v) is 4.39. The van der Waals surface area contributed by atoms with Crippen LogP contribution in [0.5, 0.6) is 0 Å². The molecule has 0 saturated carbocycles. The van der Waals surface area contributed by atoms with Crippen molar-refractivity contribution in [2.45, 2.75) is 26.7 Å². The van der Waals surface area contributed by atoms with Crippen molar-refractivity contribution in [1.82, 2.24) is 19.5 Å². The zero-order valence-corrected chi connectivity index (χ0v) is 14.8. The lowest BCUT2D eigenvalue weighted by atomic mass is 10.1. The highest BCUT2D eigenvalue weighted by Gasteiger charge is 2.27. The Morgan fingerprint density at radius 3 is 2.40 bits per heavy atom. The Kier molecular flexibility index (Phi) is 4.57. The van der Waals surface area contributed by atoms with E-state index in [2.05, 4.69) is 15.0 Å². The van der Waals surface area contributed by atoms with Gasteiger partial charge in [-0.25, -0.2) is 23.9 Å². The Bertz CT molecular complexity index is 1030. The van der Waals surface area contributed by atoms with Crippen molar-refractivity contribution in [3.63, 3.8) is 0 Å². The van der Waals surface area contributed by atoms with E-state index in [1.807, 2.05) is 13.8 Å². The second-order valence-electron chi connectivity index (χ2n) is 5.16. The zero-order chi connectivity index (χ0) is 18.3. The Labute approximate surface area is 151 Å². The van der Waals surface area contributed by atoms with Crippen molar-refractivity contribution in [2.75, 3.05) is 0 Å². The molecular weight excluding hydrogens is 372 g/mol. The van der Waals surface area contributed by atoms with E-state index in [0.717, 1.165) is 10.6 Å². The molecule has 0 aliphatic heterocycles. The number of aromatic nitrogens is 5. The molecule has 0 bridgehead atoms. The summed E-state index contributed by atoms with van der Waals surface area (Å²) in [5.74, 6) is -0.964. The standard InChI is InChI=1S/C15H12Cl2FN5O2/c1-3-9-11(10(4-2)20-6-19-9)22-14-7(12(16)21-15(22)24)5-8(18)13(17)23(14)25/h5-6H,3-4H2,1-2H3. The summed E-state index contributed by atoms with van der Waals surface area (Å²) in [6, 6.07) is 0.971. The molecule has 130 valence electrons. The number of halogens is 3. The van der Waals surface area contributed by atoms with Crippen molar-refractivity contribution in [3.8, 4) is 5.69 Å². The van der Waals surface area contributed by atoms with Gasteiger partial charge in [0.15, 0.2) is 16.7 Å². The molecule has 0 atom stereocenters. The monoisotopic (exact) mass is 383 g/mol. The van der Waals surface area contributed by atoms with Gasteiger partial charge in [-0.05, 0) is 30.5 Å². The Balaban J connectivity index is 2.60. The summed E-state index contributed by atoms with van der Waals surface area (Å²) in [5.41, 5.74) is 0.387. The Morgan fingerprint density at radius 2 is 1.84 bits per heavy atom. The van der Waals surface area contributed by atoms with Gasteiger partial charge in [0.1, 0.15) is 11.7 Å². The summed E-state index contributed by atoms with van der Waals surface area (Å²) >= 11 is 11.7. The smallest absolute Gasteiger partial charge is 0.441 e. The van der Waals surface area contributed by atoms with E-state index in [1.165, 1.54) is 6.33 Å². The average Bonchev–Trinajstić information content (AvgIpc) is 2.60. The van der Waals surface area contributed by atoms with Gasteiger partial charge in [-0.3, -0.25) is 0 Å². The zero-order valence-electron chi connectivity index (χ0n) is 13.3. The highest BCUT2D eigenvalue weighted by atomic mass is 35.5. The maximum atomic E-state index is 13.9. The SMILES string of the molecule is CCc1ncnc(CC)c1-n1c(=O)nc(Cl)c2cc(F)c(Cl)[n+]([O-])c21. The molecule has 0 saturated heterocycles. The number of nitrogens with zero attached hydrogens (tertiary/aromatic N) is 5. The van der Waals surface area contributed by atoms with E-state index in [0.29, 0.717) is 29.9 Å². The summed E-state index contributed by atoms with van der Waals surface area (Å²) in [7, 11) is 0. The minimum absolute atomic E-state index is 0.0360. The lowest BCUT2D eigenvalue weighted by molar-refractivity contribution is -0.579. The van der Waals surface area contributed by atoms with Crippen LogP contribution in [0.2, 0.25) is 10.3 Å². The molecular formula is C15H12Cl2FN5O2. The molecule has 3 heterocycles. The first-order valence-electron chi connectivity index (χ1n) is 7.43. The highest BCUT2D eigenvalue weighted by molar-refractivity contribution is 6.34. The van der Waals surface area contributed by atoms with Crippen LogP contribution in [-0.2, 0) is 12.8 Å². The van der Waals surface area contributed by atoms with Gasteiger partial charge in [0.05, 0.1) is 11.4 Å². The van der Waals surface area contributed by atoms with Crippen LogP contribution < -0.4 is 10.4 Å². The van der Waals surface area contributed by atoms with Crippen LogP contribution in [0.25, 0.3) is 16.7 Å². The fraction of sp³-hybridized carbons (Fsp3) is 0.267. The molecule has 3 aromatic rings. The predicted octanol–water partition coefficient (Wildman–Crippen LogP) is 2.38. The first-order chi connectivity index (χ1) is 11.9. The molecule has 10 heteroatoms. The van der Waals surface area contributed by atoms with E-state index in [1.54, 1.807) is 0 Å². The van der Waals surface area contributed by atoms with Gasteiger partial charge in [0.2, 0.25) is 5.15 Å². The molecule has 0 fully saturated rings. The summed E-state index contributed by atoms with van der Waals surface area (Å²) in [5, 5.41) is 11.5. The van der Waals surface area contributed by atoms with Crippen LogP contribution in [-0.4, -0.2) is 19.5 Å². The van der Waals surface area contributed by atoms with Gasteiger partial charge in [-0.1, -0.05) is 25.4 Å². The Hall–Kier alpha value is -2.32. The molecule has 0 radical (unpaired) electrons. The molecule has 7 nitrogen and oxygen atoms in total. The highest BCUT2D eigenvalue weighted by Crippen LogP contribution is 2.25. The average molecular weight is 384 g/mol. The largest absolute Gasteiger partial charge is 0.709 e. The number of aryl methyl sites for hydroxylation is 2. The normalized spacial score (nSPS) is 11.2. The van der Waals surface area contributed by atoms with Crippen molar-refractivity contribution < 1.29 is 9.12 Å². The van der Waals surface area contributed by atoms with Crippen LogP contribution in [0.3, 0.4) is 0 Å². The summed E-state index contributed by atoms with van der Waals surface area (Å²) in [6.07, 6.45) is 2.35. The van der Waals surface area contributed by atoms with Crippen molar-refractivity contribution in [1.29, 1.82) is 0 Å². The number of hydrogen-bond acceptors (Lipinski definition) is 5. The third-order valence-electron chi connectivity index (χ3n) is 3.77. The van der Waals surface area contributed by atoms with Crippen molar-refractivity contribution >= 4 is 34.2 Å². The second-order valence-corrected chi connectivity index (χ2v) is 5.87. The van der Waals surface area contributed by atoms with Crippen LogP contribution >= 0.6 is 23.2 Å². The molecule has 0 aliphatic rings. The number of rotatable bonds is 3. The van der Waals surface area contributed by atoms with Gasteiger partial charge in [-0.2, -0.15) is 4.98 Å². The van der Waals surface area contributed by atoms with E-state index in [9.17, 15) is 14.4 Å². The number of hydrogen-bond donors (Lipinski definition) is 0. The molecule has 25 heavy (non-hydrogen) atoms. The predicted molar refractivity (Wildman–Crippen MR) is 90.6 cm³/mol. The summed E-state index contributed by atoms with van der Waals surface area (Å²) in [4.78, 5) is 24.6. The summed E-state index contributed by atoms with van der Waals surface area (Å²) < 4.78 is 15.0. The molecule has 0 N–H and O–H groups in total. The molecule has 0 amide bonds. The van der Waals surface area contributed by atoms with Crippen LogP contribution in [0, 0.1) is 11.0 Å². The third kappa shape index (κ3) is 2.71. The minimum atomic E-state index is -0.964. The Morgan fingerprint density at radius 1 is 1.24 bits per heavy atom. The van der Waals surface area contributed by atoms with E-state index < -0.39 is 16.7 Å². The van der Waals surface area contributed by atoms with E-state index in [-0.39, 0.29) is 20.9 Å². The van der Waals surface area contributed by atoms with E-state index in [4.69, 9.17) is 23.2 Å². The van der Waals surface area contributed by atoms with Gasteiger partial charge in [0, 0.05) is 0 Å². The molecule has 3 rings (SSSR count). The minimum Gasteiger partial charge on any atom is -0.709 e. The molecule has 0 aromatic carbocycles. The van der Waals surface area contributed by atoms with Gasteiger partial charge in [0.25, 0.3) is 0 Å². The second kappa shape index (κ2) is 6.53. The van der Waals surface area contributed by atoms with Crippen molar-refractivity contribution in [3.05, 3.63) is 55.6 Å². The topological polar surface area (TPSA) is 87.6 Å². The maximum Gasteiger partial charge on any atom is 0.441 e. The quantitative estimate of drug-likeness (QED) is 0.300. The van der Waals surface area contributed by atoms with Crippen LogP contribution in [0.4, 0.5) is 4.39 Å². The fourth-order valence-electron chi connectivity index (χ4n) is 2.63. The lowest BCUT2D eigenvalue weighted by Crippen LogP contribution is -2.38. The van der Waals surface area contributed by atoms with Gasteiger partial charge in [-0.15, -0.1) is 4.57 Å². The molecule has 0 unspecified atom stereocenters. The molecule has 3 aromatic heterocycles.